The standard InChI is InChI=1S/C43H43BrClFN8O6S/c1-42(2)39(43(3,4)40(42)60-29-17-12-26(23-47)32(45)22-29)54-38(56)25-10-15-28(16-11-25)59-21-6-5-20-50-61(57,58)30-18-13-27(14-19-30)51-41-49-24-31(44)37(53-41)52-34-9-7-8-33(46)35(34)36(48)55/h7-19,22,24,39-40,50H,5-6,20-21H2,1-4H3,(H2,48,55)(H,54,56)(H2,49,51,52,53). The fourth-order valence-corrected chi connectivity index (χ4v) is 9.16. The average molecular weight is 934 g/mol. The Bertz CT molecular complexity index is 2580. The van der Waals surface area contributed by atoms with Gasteiger partial charge in [-0.25, -0.2) is 22.5 Å². The van der Waals surface area contributed by atoms with Crippen molar-refractivity contribution in [2.24, 2.45) is 16.6 Å². The summed E-state index contributed by atoms with van der Waals surface area (Å²) in [7, 11) is -3.80. The predicted molar refractivity (Wildman–Crippen MR) is 233 cm³/mol. The molecule has 318 valence electrons. The van der Waals surface area contributed by atoms with Gasteiger partial charge in [-0.2, -0.15) is 10.2 Å². The molecule has 14 nitrogen and oxygen atoms in total. The van der Waals surface area contributed by atoms with Crippen molar-refractivity contribution in [1.82, 2.24) is 20.0 Å². The summed E-state index contributed by atoms with van der Waals surface area (Å²) in [6.07, 6.45) is 2.32. The molecule has 1 aromatic heterocycles. The maximum atomic E-state index is 14.2. The van der Waals surface area contributed by atoms with Gasteiger partial charge in [0, 0.05) is 46.9 Å². The van der Waals surface area contributed by atoms with Crippen LogP contribution < -0.4 is 35.9 Å². The molecule has 1 heterocycles. The smallest absolute Gasteiger partial charge is 0.253 e. The van der Waals surface area contributed by atoms with Crippen LogP contribution >= 0.6 is 27.5 Å². The number of nitrogens with one attached hydrogen (secondary N) is 4. The molecule has 5 aromatic rings. The second-order valence-corrected chi connectivity index (χ2v) is 18.5. The van der Waals surface area contributed by atoms with Crippen molar-refractivity contribution in [3.8, 4) is 17.6 Å². The SMILES string of the molecule is CC1(C)C(NC(=O)c2ccc(OCCCCNS(=O)(=O)c3ccc(Nc4ncc(Br)c(Nc5cccc(F)c5C(N)=O)n4)cc3)cc2)C(C)(C)C1Oc1ccc(C#N)c(Cl)c1. The van der Waals surface area contributed by atoms with Gasteiger partial charge in [0.1, 0.15) is 35.3 Å². The number of anilines is 4. The summed E-state index contributed by atoms with van der Waals surface area (Å²) in [4.78, 5) is 33.8. The van der Waals surface area contributed by atoms with Crippen molar-refractivity contribution >= 4 is 72.5 Å². The van der Waals surface area contributed by atoms with Crippen LogP contribution in [-0.2, 0) is 10.0 Å². The maximum Gasteiger partial charge on any atom is 0.253 e. The lowest BCUT2D eigenvalue weighted by atomic mass is 9.49. The lowest BCUT2D eigenvalue weighted by Gasteiger charge is -2.63. The molecule has 0 aliphatic heterocycles. The number of rotatable bonds is 17. The molecule has 6 N–H and O–H groups in total. The molecule has 0 bridgehead atoms. The number of unbranched alkanes of at least 4 members (excludes halogenated alkanes) is 1. The van der Waals surface area contributed by atoms with Crippen LogP contribution in [0.1, 0.15) is 66.8 Å². The van der Waals surface area contributed by atoms with Crippen LogP contribution in [0.15, 0.2) is 100 Å². The second kappa shape index (κ2) is 18.4. The van der Waals surface area contributed by atoms with E-state index in [0.717, 1.165) is 6.07 Å². The van der Waals surface area contributed by atoms with Crippen molar-refractivity contribution in [2.45, 2.75) is 57.6 Å². The van der Waals surface area contributed by atoms with E-state index < -0.39 is 32.6 Å². The van der Waals surface area contributed by atoms with Gasteiger partial charge in [-0.05, 0) is 102 Å². The number of aromatic nitrogens is 2. The normalized spacial score (nSPS) is 16.4. The molecule has 1 fully saturated rings. The molecule has 0 spiro atoms. The van der Waals surface area contributed by atoms with Gasteiger partial charge < -0.3 is 31.2 Å². The fraction of sp³-hybridized carbons (Fsp3) is 0.279. The first kappa shape index (κ1) is 44.7. The monoisotopic (exact) mass is 932 g/mol. The Morgan fingerprint density at radius 2 is 1.66 bits per heavy atom. The number of nitrogens with zero attached hydrogens (tertiary/aromatic N) is 3. The summed E-state index contributed by atoms with van der Waals surface area (Å²) < 4.78 is 55.4. The average Bonchev–Trinajstić information content (AvgIpc) is 3.21. The molecule has 0 saturated heterocycles. The number of amides is 2. The van der Waals surface area contributed by atoms with E-state index >= 15 is 0 Å². The van der Waals surface area contributed by atoms with E-state index in [4.69, 9.17) is 26.8 Å². The first-order chi connectivity index (χ1) is 28.9. The lowest BCUT2D eigenvalue weighted by Crippen LogP contribution is -2.74. The van der Waals surface area contributed by atoms with Gasteiger partial charge in [0.05, 0.1) is 37.8 Å². The minimum absolute atomic E-state index is 0.0636. The fourth-order valence-electron chi connectivity index (χ4n) is 7.59. The highest BCUT2D eigenvalue weighted by Crippen LogP contribution is 2.55. The van der Waals surface area contributed by atoms with Gasteiger partial charge in [-0.1, -0.05) is 45.4 Å². The number of carbonyl (C=O) groups is 2. The zero-order chi connectivity index (χ0) is 44.1. The third kappa shape index (κ3) is 10.2. The number of ether oxygens (including phenoxy) is 2. The molecule has 1 aliphatic carbocycles. The van der Waals surface area contributed by atoms with Crippen LogP contribution in [-0.4, -0.2) is 55.5 Å². The molecule has 0 radical (unpaired) electrons. The predicted octanol–water partition coefficient (Wildman–Crippen LogP) is 8.24. The molecule has 18 heteroatoms. The number of primary amides is 1. The molecule has 61 heavy (non-hydrogen) atoms. The van der Waals surface area contributed by atoms with Gasteiger partial charge >= 0.3 is 0 Å². The van der Waals surface area contributed by atoms with Gasteiger partial charge in [0.2, 0.25) is 16.0 Å². The van der Waals surface area contributed by atoms with Crippen molar-refractivity contribution in [3.05, 3.63) is 123 Å². The Balaban J connectivity index is 0.928. The van der Waals surface area contributed by atoms with Gasteiger partial charge in [0.25, 0.3) is 11.8 Å². The van der Waals surface area contributed by atoms with Crippen LogP contribution in [0.25, 0.3) is 0 Å². The third-order valence-corrected chi connectivity index (χ3v) is 12.7. The number of carbonyl (C=O) groups excluding carboxylic acids is 2. The number of sulfonamides is 1. The minimum atomic E-state index is -3.80. The molecular formula is C43H43BrClFN8O6S. The van der Waals surface area contributed by atoms with E-state index in [9.17, 15) is 27.7 Å². The summed E-state index contributed by atoms with van der Waals surface area (Å²) in [5.74, 6) is -0.434. The minimum Gasteiger partial charge on any atom is -0.494 e. The van der Waals surface area contributed by atoms with Crippen molar-refractivity contribution in [1.29, 1.82) is 5.26 Å². The number of nitrogens with two attached hydrogens (primary N) is 1. The highest BCUT2D eigenvalue weighted by Gasteiger charge is 2.64. The highest BCUT2D eigenvalue weighted by atomic mass is 79.9. The van der Waals surface area contributed by atoms with Crippen LogP contribution in [0.4, 0.5) is 27.5 Å². The molecule has 0 unspecified atom stereocenters. The van der Waals surface area contributed by atoms with E-state index in [1.165, 1.54) is 30.5 Å². The van der Waals surface area contributed by atoms with Crippen molar-refractivity contribution < 1.29 is 31.9 Å². The summed E-state index contributed by atoms with van der Waals surface area (Å²) in [6, 6.07) is 23.7. The van der Waals surface area contributed by atoms with E-state index in [2.05, 4.69) is 46.6 Å². The molecule has 4 aromatic carbocycles. The van der Waals surface area contributed by atoms with Gasteiger partial charge in [-0.3, -0.25) is 9.59 Å². The largest absolute Gasteiger partial charge is 0.494 e. The van der Waals surface area contributed by atoms with Crippen LogP contribution in [0.3, 0.4) is 0 Å². The lowest BCUT2D eigenvalue weighted by molar-refractivity contribution is -0.164. The van der Waals surface area contributed by atoms with Crippen LogP contribution in [0.5, 0.6) is 11.5 Å². The first-order valence-corrected chi connectivity index (χ1v) is 21.7. The number of benzene rings is 4. The van der Waals surface area contributed by atoms with Crippen molar-refractivity contribution in [3.63, 3.8) is 0 Å². The summed E-state index contributed by atoms with van der Waals surface area (Å²) >= 11 is 9.55. The van der Waals surface area contributed by atoms with Crippen LogP contribution in [0, 0.1) is 28.0 Å². The van der Waals surface area contributed by atoms with Gasteiger partial charge in [0.15, 0.2) is 0 Å². The number of hydrogen-bond donors (Lipinski definition) is 5. The quantitative estimate of drug-likeness (QED) is 0.0561. The topological polar surface area (TPSA) is 210 Å². The van der Waals surface area contributed by atoms with E-state index in [1.807, 2.05) is 33.8 Å². The Morgan fingerprint density at radius 1 is 0.967 bits per heavy atom. The van der Waals surface area contributed by atoms with Gasteiger partial charge in [-0.15, -0.1) is 0 Å². The summed E-state index contributed by atoms with van der Waals surface area (Å²) in [5.41, 5.74) is 5.70. The zero-order valence-corrected chi connectivity index (χ0v) is 36.7. The molecule has 1 aliphatic rings. The second-order valence-electron chi connectivity index (χ2n) is 15.5. The maximum absolute atomic E-state index is 14.2. The van der Waals surface area contributed by atoms with E-state index in [0.29, 0.717) is 57.3 Å². The Morgan fingerprint density at radius 3 is 2.31 bits per heavy atom. The first-order valence-electron chi connectivity index (χ1n) is 19.1. The van der Waals surface area contributed by atoms with E-state index in [1.54, 1.807) is 54.6 Å². The third-order valence-electron chi connectivity index (χ3n) is 10.4. The number of halogens is 3. The summed E-state index contributed by atoms with van der Waals surface area (Å²) in [5, 5.41) is 18.6. The number of nitriles is 1. The molecule has 2 amide bonds. The van der Waals surface area contributed by atoms with Crippen LogP contribution in [0.2, 0.25) is 5.02 Å². The zero-order valence-electron chi connectivity index (χ0n) is 33.6. The van der Waals surface area contributed by atoms with Crippen molar-refractivity contribution in [2.75, 3.05) is 23.8 Å². The Kier molecular flexibility index (Phi) is 13.5. The number of hydrogen-bond acceptors (Lipinski definition) is 11. The Hall–Kier alpha value is -5.80. The molecule has 1 saturated carbocycles. The molecular weight excluding hydrogens is 891 g/mol. The highest BCUT2D eigenvalue weighted by molar-refractivity contribution is 9.10. The van der Waals surface area contributed by atoms with E-state index in [-0.39, 0.29) is 52.5 Å². The summed E-state index contributed by atoms with van der Waals surface area (Å²) in [6.45, 7) is 8.69. The molecule has 0 atom stereocenters. The molecule has 6 rings (SSSR count). The Labute approximate surface area is 366 Å².